The van der Waals surface area contributed by atoms with Gasteiger partial charge in [0.2, 0.25) is 0 Å². The number of nitrogens with zero attached hydrogens (tertiary/aromatic N) is 1. The molecule has 0 bridgehead atoms. The van der Waals surface area contributed by atoms with E-state index in [1.54, 1.807) is 0 Å². The van der Waals surface area contributed by atoms with E-state index in [9.17, 15) is 0 Å². The first-order valence-corrected chi connectivity index (χ1v) is 4.65. The van der Waals surface area contributed by atoms with Gasteiger partial charge < -0.3 is 0 Å². The molecular weight excluding hydrogens is 166 g/mol. The lowest BCUT2D eigenvalue weighted by molar-refractivity contribution is 1.31. The van der Waals surface area contributed by atoms with Crippen molar-refractivity contribution in [1.82, 2.24) is 4.98 Å². The molecule has 0 saturated carbocycles. The predicted octanol–water partition coefficient (Wildman–Crippen LogP) is 3.12. The Labute approximate surface area is 75.8 Å². The molecule has 0 amide bonds. The van der Waals surface area contributed by atoms with Gasteiger partial charge in [-0.05, 0) is 12.1 Å². The molecule has 0 saturated heterocycles. The third-order valence-corrected chi connectivity index (χ3v) is 2.29. The minimum absolute atomic E-state index is 1.04. The second-order valence-electron chi connectivity index (χ2n) is 2.51. The van der Waals surface area contributed by atoms with Crippen molar-refractivity contribution in [2.24, 2.45) is 0 Å². The SMILES string of the molecule is [CH2]Sc1cnc2ccccc2c1. The second-order valence-corrected chi connectivity index (χ2v) is 3.27. The van der Waals surface area contributed by atoms with E-state index in [2.05, 4.69) is 23.4 Å². The summed E-state index contributed by atoms with van der Waals surface area (Å²) in [6, 6.07) is 10.2. The average Bonchev–Trinajstić information content (AvgIpc) is 2.17. The molecule has 0 spiro atoms. The van der Waals surface area contributed by atoms with Gasteiger partial charge in [0.25, 0.3) is 0 Å². The quantitative estimate of drug-likeness (QED) is 0.616. The van der Waals surface area contributed by atoms with Crippen LogP contribution >= 0.6 is 11.8 Å². The molecule has 1 nitrogen and oxygen atoms in total. The highest BCUT2D eigenvalue weighted by atomic mass is 32.2. The maximum atomic E-state index is 4.29. The van der Waals surface area contributed by atoms with E-state index >= 15 is 0 Å². The predicted molar refractivity (Wildman–Crippen MR) is 53.0 cm³/mol. The molecule has 0 atom stereocenters. The maximum absolute atomic E-state index is 4.29. The topological polar surface area (TPSA) is 12.9 Å². The largest absolute Gasteiger partial charge is 0.255 e. The van der Waals surface area contributed by atoms with E-state index in [0.29, 0.717) is 0 Å². The number of pyridine rings is 1. The molecule has 0 fully saturated rings. The third-order valence-electron chi connectivity index (χ3n) is 1.73. The number of fused-ring (bicyclic) bond motifs is 1. The zero-order chi connectivity index (χ0) is 8.39. The Kier molecular flexibility index (Phi) is 2.00. The van der Waals surface area contributed by atoms with Crippen LogP contribution in [0.15, 0.2) is 41.4 Å². The zero-order valence-corrected chi connectivity index (χ0v) is 7.34. The lowest BCUT2D eigenvalue weighted by Gasteiger charge is -1.98. The normalized spacial score (nSPS) is 10.4. The third kappa shape index (κ3) is 1.30. The first-order chi connectivity index (χ1) is 5.90. The van der Waals surface area contributed by atoms with E-state index in [-0.39, 0.29) is 0 Å². The summed E-state index contributed by atoms with van der Waals surface area (Å²) in [5.74, 6) is 0. The highest BCUT2D eigenvalue weighted by Crippen LogP contribution is 2.19. The first-order valence-electron chi connectivity index (χ1n) is 3.67. The number of rotatable bonds is 1. The average molecular weight is 174 g/mol. The monoisotopic (exact) mass is 174 g/mol. The minimum Gasteiger partial charge on any atom is -0.255 e. The minimum atomic E-state index is 1.04. The zero-order valence-electron chi connectivity index (χ0n) is 6.53. The molecule has 0 aliphatic carbocycles. The van der Waals surface area contributed by atoms with Crippen LogP contribution in [0, 0.1) is 6.26 Å². The van der Waals surface area contributed by atoms with Gasteiger partial charge in [0, 0.05) is 22.7 Å². The van der Waals surface area contributed by atoms with E-state index < -0.39 is 0 Å². The molecule has 1 radical (unpaired) electrons. The Bertz CT molecular complexity index is 398. The van der Waals surface area contributed by atoms with Crippen molar-refractivity contribution in [3.8, 4) is 0 Å². The number of aromatic nitrogens is 1. The number of benzene rings is 1. The van der Waals surface area contributed by atoms with Crippen LogP contribution in [0.1, 0.15) is 0 Å². The molecule has 1 aromatic carbocycles. The molecule has 1 aromatic heterocycles. The van der Waals surface area contributed by atoms with Crippen molar-refractivity contribution in [2.45, 2.75) is 4.90 Å². The van der Waals surface area contributed by atoms with Crippen LogP contribution in [0.2, 0.25) is 0 Å². The number of para-hydroxylation sites is 1. The Morgan fingerprint density at radius 3 is 2.92 bits per heavy atom. The van der Waals surface area contributed by atoms with Crippen molar-refractivity contribution in [3.63, 3.8) is 0 Å². The van der Waals surface area contributed by atoms with Crippen molar-refractivity contribution < 1.29 is 0 Å². The fourth-order valence-electron chi connectivity index (χ4n) is 1.13. The summed E-state index contributed by atoms with van der Waals surface area (Å²) in [4.78, 5) is 5.40. The highest BCUT2D eigenvalue weighted by molar-refractivity contribution is 8.00. The lowest BCUT2D eigenvalue weighted by Crippen LogP contribution is -1.78. The Morgan fingerprint density at radius 1 is 1.25 bits per heavy atom. The van der Waals surface area contributed by atoms with E-state index in [1.165, 1.54) is 17.1 Å². The molecule has 0 unspecified atom stereocenters. The molecule has 0 aliphatic heterocycles. The van der Waals surface area contributed by atoms with E-state index in [1.807, 2.05) is 24.4 Å². The summed E-state index contributed by atoms with van der Waals surface area (Å²) in [6.45, 7) is 0. The van der Waals surface area contributed by atoms with Crippen LogP contribution in [-0.4, -0.2) is 4.98 Å². The summed E-state index contributed by atoms with van der Waals surface area (Å²) in [7, 11) is 0. The van der Waals surface area contributed by atoms with Gasteiger partial charge >= 0.3 is 0 Å². The smallest absolute Gasteiger partial charge is 0.0702 e. The van der Waals surface area contributed by atoms with Gasteiger partial charge in [0.15, 0.2) is 0 Å². The summed E-state index contributed by atoms with van der Waals surface area (Å²) in [5, 5.41) is 1.17. The highest BCUT2D eigenvalue weighted by Gasteiger charge is 1.94. The molecule has 2 heteroatoms. The molecule has 1 heterocycles. The summed E-state index contributed by atoms with van der Waals surface area (Å²) >= 11 is 1.47. The van der Waals surface area contributed by atoms with Crippen LogP contribution in [0.5, 0.6) is 0 Å². The molecular formula is C10H8NS. The Morgan fingerprint density at radius 2 is 2.08 bits per heavy atom. The van der Waals surface area contributed by atoms with Crippen LogP contribution in [0.4, 0.5) is 0 Å². The van der Waals surface area contributed by atoms with Gasteiger partial charge in [-0.2, -0.15) is 0 Å². The first kappa shape index (κ1) is 7.62. The lowest BCUT2D eigenvalue weighted by atomic mass is 10.2. The van der Waals surface area contributed by atoms with Crippen LogP contribution in [0.25, 0.3) is 10.9 Å². The van der Waals surface area contributed by atoms with Crippen molar-refractivity contribution in [3.05, 3.63) is 42.8 Å². The van der Waals surface area contributed by atoms with Crippen molar-refractivity contribution in [1.29, 1.82) is 0 Å². The number of hydrogen-bond donors (Lipinski definition) is 0. The van der Waals surface area contributed by atoms with Crippen molar-refractivity contribution in [2.75, 3.05) is 0 Å². The molecule has 0 N–H and O–H groups in total. The Balaban J connectivity index is 2.67. The van der Waals surface area contributed by atoms with Gasteiger partial charge in [0.1, 0.15) is 0 Å². The Hall–Kier alpha value is -1.02. The van der Waals surface area contributed by atoms with Gasteiger partial charge in [-0.3, -0.25) is 4.98 Å². The van der Waals surface area contributed by atoms with Gasteiger partial charge in [-0.25, -0.2) is 0 Å². The van der Waals surface area contributed by atoms with Crippen LogP contribution < -0.4 is 0 Å². The maximum Gasteiger partial charge on any atom is 0.0702 e. The fourth-order valence-corrected chi connectivity index (χ4v) is 1.47. The van der Waals surface area contributed by atoms with Gasteiger partial charge in [-0.1, -0.05) is 18.2 Å². The fraction of sp³-hybridized carbons (Fsp3) is 0. The van der Waals surface area contributed by atoms with Crippen LogP contribution in [-0.2, 0) is 0 Å². The number of hydrogen-bond acceptors (Lipinski definition) is 2. The standard InChI is InChI=1S/C10H8NS/c1-12-9-6-8-4-2-3-5-10(8)11-7-9/h2-7H,1H2. The van der Waals surface area contributed by atoms with E-state index in [0.717, 1.165) is 10.4 Å². The van der Waals surface area contributed by atoms with Crippen LogP contribution in [0.3, 0.4) is 0 Å². The molecule has 59 valence electrons. The summed E-state index contributed by atoms with van der Waals surface area (Å²) in [6.07, 6.45) is 5.59. The molecule has 2 aromatic rings. The van der Waals surface area contributed by atoms with Crippen molar-refractivity contribution >= 4 is 22.7 Å². The van der Waals surface area contributed by atoms with Gasteiger partial charge in [0.05, 0.1) is 5.52 Å². The summed E-state index contributed by atoms with van der Waals surface area (Å²) in [5.41, 5.74) is 1.04. The summed E-state index contributed by atoms with van der Waals surface area (Å²) < 4.78 is 0. The molecule has 12 heavy (non-hydrogen) atoms. The molecule has 2 rings (SSSR count). The van der Waals surface area contributed by atoms with Gasteiger partial charge in [-0.15, -0.1) is 11.8 Å². The number of thioether (sulfide) groups is 1. The molecule has 0 aliphatic rings. The second kappa shape index (κ2) is 3.15. The van der Waals surface area contributed by atoms with E-state index in [4.69, 9.17) is 0 Å².